The van der Waals surface area contributed by atoms with E-state index < -0.39 is 10.9 Å². The third-order valence-electron chi connectivity index (χ3n) is 4.60. The van der Waals surface area contributed by atoms with Crippen molar-refractivity contribution in [2.75, 3.05) is 33.4 Å². The van der Waals surface area contributed by atoms with Crippen molar-refractivity contribution in [3.8, 4) is 5.75 Å². The Morgan fingerprint density at radius 2 is 2.29 bits per heavy atom. The van der Waals surface area contributed by atoms with E-state index in [1.54, 1.807) is 12.3 Å². The molecule has 1 fully saturated rings. The number of nitrogens with zero attached hydrogens (tertiary/aromatic N) is 3. The second kappa shape index (κ2) is 9.25. The first-order valence-corrected chi connectivity index (χ1v) is 8.90. The highest BCUT2D eigenvalue weighted by Gasteiger charge is 2.25. The minimum atomic E-state index is -0.599. The Balaban J connectivity index is 1.78. The average Bonchev–Trinajstić information content (AvgIpc) is 2.73. The van der Waals surface area contributed by atoms with Crippen molar-refractivity contribution < 1.29 is 19.2 Å². The predicted molar refractivity (Wildman–Crippen MR) is 101 cm³/mol. The molecule has 1 aromatic carbocycles. The van der Waals surface area contributed by atoms with Gasteiger partial charge in [0, 0.05) is 50.7 Å². The molecule has 0 saturated carbocycles. The maximum atomic E-state index is 11.4. The van der Waals surface area contributed by atoms with Crippen molar-refractivity contribution in [1.82, 2.24) is 15.2 Å². The number of rotatable bonds is 7. The third kappa shape index (κ3) is 4.81. The number of nitro groups is 1. The van der Waals surface area contributed by atoms with Crippen LogP contribution < -0.4 is 10.1 Å². The van der Waals surface area contributed by atoms with E-state index in [0.717, 1.165) is 30.8 Å². The van der Waals surface area contributed by atoms with Crippen molar-refractivity contribution in [2.24, 2.45) is 0 Å². The lowest BCUT2D eigenvalue weighted by atomic mass is 10.0. The summed E-state index contributed by atoms with van der Waals surface area (Å²) >= 11 is 0. The van der Waals surface area contributed by atoms with Crippen LogP contribution in [0.4, 0.5) is 5.69 Å². The largest absolute Gasteiger partial charge is 0.475 e. The van der Waals surface area contributed by atoms with Crippen LogP contribution in [-0.4, -0.2) is 54.1 Å². The fourth-order valence-corrected chi connectivity index (χ4v) is 3.19. The molecule has 9 heteroatoms. The maximum absolute atomic E-state index is 11.4. The summed E-state index contributed by atoms with van der Waals surface area (Å²) in [6.07, 6.45) is 3.58. The van der Waals surface area contributed by atoms with Crippen molar-refractivity contribution in [1.29, 1.82) is 0 Å². The maximum Gasteiger partial charge on any atom is 0.343 e. The molecule has 0 bridgehead atoms. The fraction of sp³-hybridized carbons (Fsp3) is 0.368. The molecule has 1 unspecified atom stereocenters. The number of carbonyl (C=O) groups excluding carboxylic acids is 1. The number of carbonyl (C=O) groups is 1. The van der Waals surface area contributed by atoms with Gasteiger partial charge in [-0.15, -0.1) is 0 Å². The Labute approximate surface area is 162 Å². The van der Waals surface area contributed by atoms with Gasteiger partial charge in [0.05, 0.1) is 12.0 Å². The van der Waals surface area contributed by atoms with Crippen LogP contribution in [0.3, 0.4) is 0 Å². The number of ether oxygens (including phenoxy) is 2. The number of esters is 1. The number of hydrogen-bond donors (Lipinski definition) is 1. The van der Waals surface area contributed by atoms with Gasteiger partial charge in [-0.1, -0.05) is 12.1 Å². The van der Waals surface area contributed by atoms with Crippen molar-refractivity contribution >= 4 is 11.7 Å². The molecule has 2 aromatic rings. The first kappa shape index (κ1) is 19.7. The zero-order valence-corrected chi connectivity index (χ0v) is 15.5. The summed E-state index contributed by atoms with van der Waals surface area (Å²) in [5.41, 5.74) is 1.73. The van der Waals surface area contributed by atoms with E-state index >= 15 is 0 Å². The number of hydrogen-bond acceptors (Lipinski definition) is 8. The number of methoxy groups -OCH3 is 1. The molecular formula is C19H22N4O5. The average molecular weight is 386 g/mol. The van der Waals surface area contributed by atoms with Crippen LogP contribution >= 0.6 is 0 Å². The summed E-state index contributed by atoms with van der Waals surface area (Å²) in [6.45, 7) is 2.62. The van der Waals surface area contributed by atoms with Crippen molar-refractivity contribution in [2.45, 2.75) is 12.6 Å². The minimum Gasteiger partial charge on any atom is -0.475 e. The number of pyridine rings is 1. The third-order valence-corrected chi connectivity index (χ3v) is 4.60. The predicted octanol–water partition coefficient (Wildman–Crippen LogP) is 1.69. The summed E-state index contributed by atoms with van der Waals surface area (Å²) in [5.74, 6) is -0.554. The molecule has 0 amide bonds. The minimum absolute atomic E-state index is 0.0447. The highest BCUT2D eigenvalue weighted by Crippen LogP contribution is 2.30. The molecule has 2 heterocycles. The van der Waals surface area contributed by atoms with Crippen LogP contribution in [-0.2, 0) is 16.1 Å². The zero-order chi connectivity index (χ0) is 19.9. The second-order valence-corrected chi connectivity index (χ2v) is 6.40. The van der Waals surface area contributed by atoms with E-state index in [2.05, 4.69) is 19.9 Å². The molecule has 148 valence electrons. The number of nitro benzene ring substituents is 1. The van der Waals surface area contributed by atoms with Crippen LogP contribution in [0, 0.1) is 10.1 Å². The topological polar surface area (TPSA) is 107 Å². The highest BCUT2D eigenvalue weighted by atomic mass is 16.6. The molecule has 28 heavy (non-hydrogen) atoms. The van der Waals surface area contributed by atoms with Gasteiger partial charge in [0.15, 0.2) is 12.4 Å². The van der Waals surface area contributed by atoms with Crippen LogP contribution in [0.5, 0.6) is 5.75 Å². The molecule has 1 aliphatic heterocycles. The number of benzene rings is 1. The Morgan fingerprint density at radius 3 is 3.00 bits per heavy atom. The van der Waals surface area contributed by atoms with Gasteiger partial charge in [-0.2, -0.15) is 0 Å². The van der Waals surface area contributed by atoms with Gasteiger partial charge in [-0.05, 0) is 23.3 Å². The quantitative estimate of drug-likeness (QED) is 0.435. The van der Waals surface area contributed by atoms with Crippen LogP contribution in [0.25, 0.3) is 0 Å². The fourth-order valence-electron chi connectivity index (χ4n) is 3.19. The lowest BCUT2D eigenvalue weighted by molar-refractivity contribution is -0.385. The SMILES string of the molecule is COC(=O)COc1ccc(CN2CCNCC2c2cccnc2)cc1[N+](=O)[O-]. The molecule has 3 rings (SSSR count). The standard InChI is InChI=1S/C19H22N4O5/c1-27-19(24)13-28-18-5-4-14(9-16(18)23(25)26)12-22-8-7-21-11-17(22)15-3-2-6-20-10-15/h2-6,9-10,17,21H,7-8,11-13H2,1H3. The van der Waals surface area contributed by atoms with E-state index in [1.807, 2.05) is 18.3 Å². The molecule has 1 N–H and O–H groups in total. The highest BCUT2D eigenvalue weighted by molar-refractivity contribution is 5.71. The Hall–Kier alpha value is -3.04. The van der Waals surface area contributed by atoms with E-state index in [-0.39, 0.29) is 24.1 Å². The molecule has 9 nitrogen and oxygen atoms in total. The van der Waals surface area contributed by atoms with Gasteiger partial charge >= 0.3 is 11.7 Å². The Kier molecular flexibility index (Phi) is 6.51. The number of aromatic nitrogens is 1. The molecule has 1 aromatic heterocycles. The molecule has 1 aliphatic rings. The molecule has 0 radical (unpaired) electrons. The van der Waals surface area contributed by atoms with Gasteiger partial charge in [-0.25, -0.2) is 4.79 Å². The van der Waals surface area contributed by atoms with E-state index in [1.165, 1.54) is 19.2 Å². The van der Waals surface area contributed by atoms with Gasteiger partial charge in [0.2, 0.25) is 0 Å². The first-order valence-electron chi connectivity index (χ1n) is 8.90. The summed E-state index contributed by atoms with van der Waals surface area (Å²) in [7, 11) is 1.23. The van der Waals surface area contributed by atoms with Gasteiger partial charge < -0.3 is 14.8 Å². The van der Waals surface area contributed by atoms with E-state index in [9.17, 15) is 14.9 Å². The van der Waals surface area contributed by atoms with E-state index in [0.29, 0.717) is 6.54 Å². The monoisotopic (exact) mass is 386 g/mol. The normalized spacial score (nSPS) is 17.1. The molecular weight excluding hydrogens is 364 g/mol. The Morgan fingerprint density at radius 1 is 1.43 bits per heavy atom. The van der Waals surface area contributed by atoms with Crippen LogP contribution in [0.2, 0.25) is 0 Å². The summed E-state index contributed by atoms with van der Waals surface area (Å²) < 4.78 is 9.74. The molecule has 1 atom stereocenters. The smallest absolute Gasteiger partial charge is 0.343 e. The van der Waals surface area contributed by atoms with E-state index in [4.69, 9.17) is 4.74 Å². The molecule has 0 aliphatic carbocycles. The number of piperazine rings is 1. The van der Waals surface area contributed by atoms with Gasteiger partial charge in [0.1, 0.15) is 0 Å². The summed E-state index contributed by atoms with van der Waals surface area (Å²) in [5, 5.41) is 14.8. The first-order chi connectivity index (χ1) is 13.6. The van der Waals surface area contributed by atoms with Gasteiger partial charge in [0.25, 0.3) is 0 Å². The Bertz CT molecular complexity index is 830. The summed E-state index contributed by atoms with van der Waals surface area (Å²) in [4.78, 5) is 28.6. The van der Waals surface area contributed by atoms with Crippen molar-refractivity contribution in [3.63, 3.8) is 0 Å². The lowest BCUT2D eigenvalue weighted by Crippen LogP contribution is -2.45. The zero-order valence-electron chi connectivity index (χ0n) is 15.5. The van der Waals surface area contributed by atoms with Crippen molar-refractivity contribution in [3.05, 3.63) is 64.0 Å². The van der Waals surface area contributed by atoms with Gasteiger partial charge in [-0.3, -0.25) is 20.0 Å². The van der Waals surface area contributed by atoms with Crippen LogP contribution in [0.1, 0.15) is 17.2 Å². The van der Waals surface area contributed by atoms with Crippen LogP contribution in [0.15, 0.2) is 42.7 Å². The summed E-state index contributed by atoms with van der Waals surface area (Å²) in [6, 6.07) is 8.87. The second-order valence-electron chi connectivity index (χ2n) is 6.40. The molecule has 1 saturated heterocycles. The lowest BCUT2D eigenvalue weighted by Gasteiger charge is -2.36. The number of nitrogens with one attached hydrogen (secondary N) is 1. The molecule has 0 spiro atoms.